The SMILES string of the molecule is COC(=O)[C@@]12CC(=O)CC[C@@]13c1cc(OC)c(OC)cc1[C@H](Sc1ccccc1)CN3C(=O)[C@@H]2OS(C)(=O)=O. The van der Waals surface area contributed by atoms with E-state index >= 15 is 0 Å². The van der Waals surface area contributed by atoms with Crippen molar-refractivity contribution in [2.75, 3.05) is 34.1 Å². The predicted octanol–water partition coefficient (Wildman–Crippen LogP) is 2.85. The highest BCUT2D eigenvalue weighted by Crippen LogP contribution is 2.66. The highest BCUT2D eigenvalue weighted by atomic mass is 32.2. The van der Waals surface area contributed by atoms with Gasteiger partial charge in [-0.25, -0.2) is 0 Å². The summed E-state index contributed by atoms with van der Waals surface area (Å²) in [6, 6.07) is 13.2. The number of esters is 1. The van der Waals surface area contributed by atoms with Gasteiger partial charge in [0.15, 0.2) is 17.6 Å². The second kappa shape index (κ2) is 9.83. The summed E-state index contributed by atoms with van der Waals surface area (Å²) < 4.78 is 46.6. The minimum Gasteiger partial charge on any atom is -0.493 e. The van der Waals surface area contributed by atoms with E-state index < -0.39 is 45.5 Å². The number of carbonyl (C=O) groups excluding carboxylic acids is 3. The largest absolute Gasteiger partial charge is 0.493 e. The lowest BCUT2D eigenvalue weighted by molar-refractivity contribution is -0.173. The van der Waals surface area contributed by atoms with Crippen LogP contribution < -0.4 is 9.47 Å². The molecule has 2 aliphatic heterocycles. The van der Waals surface area contributed by atoms with Crippen molar-refractivity contribution in [3.05, 3.63) is 53.6 Å². The molecule has 1 amide bonds. The van der Waals surface area contributed by atoms with Crippen molar-refractivity contribution >= 4 is 39.5 Å². The molecule has 1 saturated heterocycles. The van der Waals surface area contributed by atoms with Crippen molar-refractivity contribution in [3.63, 3.8) is 0 Å². The Balaban J connectivity index is 1.83. The Morgan fingerprint density at radius 1 is 1.05 bits per heavy atom. The van der Waals surface area contributed by atoms with E-state index in [1.54, 1.807) is 6.07 Å². The lowest BCUT2D eigenvalue weighted by Gasteiger charge is -2.54. The van der Waals surface area contributed by atoms with E-state index in [-0.39, 0.29) is 30.4 Å². The van der Waals surface area contributed by atoms with Crippen LogP contribution in [0.3, 0.4) is 0 Å². The number of Topliss-reactive ketones (excluding diaryl/α,β-unsaturated/α-hetero) is 1. The van der Waals surface area contributed by atoms with Crippen LogP contribution in [0.4, 0.5) is 0 Å². The van der Waals surface area contributed by atoms with Crippen LogP contribution in [0.1, 0.15) is 35.6 Å². The molecule has 3 aliphatic rings. The fraction of sp³-hybridized carbons (Fsp3) is 0.444. The van der Waals surface area contributed by atoms with Gasteiger partial charge in [-0.05, 0) is 41.8 Å². The van der Waals surface area contributed by atoms with Gasteiger partial charge in [-0.15, -0.1) is 11.8 Å². The minimum absolute atomic E-state index is 0.0817. The maximum absolute atomic E-state index is 14.1. The van der Waals surface area contributed by atoms with Crippen molar-refractivity contribution < 1.29 is 41.2 Å². The Labute approximate surface area is 231 Å². The molecule has 0 N–H and O–H groups in total. The number of hydrogen-bond donors (Lipinski definition) is 0. The van der Waals surface area contributed by atoms with Crippen molar-refractivity contribution in [2.24, 2.45) is 5.41 Å². The molecule has 2 aromatic rings. The van der Waals surface area contributed by atoms with Gasteiger partial charge in [-0.2, -0.15) is 8.42 Å². The fourth-order valence-electron chi connectivity index (χ4n) is 6.46. The summed E-state index contributed by atoms with van der Waals surface area (Å²) in [5.74, 6) is -1.02. The average molecular weight is 576 g/mol. The first-order valence-corrected chi connectivity index (χ1v) is 15.0. The van der Waals surface area contributed by atoms with Crippen LogP contribution in [0, 0.1) is 5.41 Å². The van der Waals surface area contributed by atoms with Crippen LogP contribution in [-0.2, 0) is 39.0 Å². The topological polar surface area (TPSA) is 126 Å². The lowest BCUT2D eigenvalue weighted by Crippen LogP contribution is -2.63. The van der Waals surface area contributed by atoms with Gasteiger partial charge in [0, 0.05) is 24.3 Å². The van der Waals surface area contributed by atoms with Crippen LogP contribution in [0.25, 0.3) is 0 Å². The van der Waals surface area contributed by atoms with Crippen molar-refractivity contribution in [3.8, 4) is 11.5 Å². The van der Waals surface area contributed by atoms with Gasteiger partial charge in [0.05, 0.1) is 38.4 Å². The van der Waals surface area contributed by atoms with Gasteiger partial charge in [0.2, 0.25) is 0 Å². The molecule has 4 atom stereocenters. The summed E-state index contributed by atoms with van der Waals surface area (Å²) in [6.07, 6.45) is -1.20. The van der Waals surface area contributed by atoms with Crippen molar-refractivity contribution in [1.82, 2.24) is 4.90 Å². The number of rotatable bonds is 7. The molecule has 39 heavy (non-hydrogen) atoms. The van der Waals surface area contributed by atoms with Crippen LogP contribution in [0.2, 0.25) is 0 Å². The molecule has 1 saturated carbocycles. The Kier molecular flexibility index (Phi) is 6.92. The summed E-state index contributed by atoms with van der Waals surface area (Å²) >= 11 is 1.52. The summed E-state index contributed by atoms with van der Waals surface area (Å²) in [7, 11) is -0.0641. The zero-order chi connectivity index (χ0) is 28.2. The highest BCUT2D eigenvalue weighted by Gasteiger charge is 2.77. The van der Waals surface area contributed by atoms with Gasteiger partial charge < -0.3 is 19.1 Å². The molecule has 12 heteroatoms. The summed E-state index contributed by atoms with van der Waals surface area (Å²) in [4.78, 5) is 43.4. The molecule has 1 spiro atoms. The molecule has 0 radical (unpaired) electrons. The standard InChI is InChI=1S/C27H29NO9S2/c1-34-20-12-18-19(13-21(20)35-2)27-11-10-16(29)14-26(27,25(31)36-3)23(37-39(4,32)33)24(30)28(27)15-22(18)38-17-8-6-5-7-9-17/h5-9,12-13,22-23H,10-11,14-15H2,1-4H3/t22-,23+,26+,27-/m1/s1. The number of thioether (sulfide) groups is 1. The third-order valence-corrected chi connectivity index (χ3v) is 9.69. The zero-order valence-electron chi connectivity index (χ0n) is 22.0. The monoisotopic (exact) mass is 575 g/mol. The van der Waals surface area contributed by atoms with Gasteiger partial charge in [0.25, 0.3) is 16.0 Å². The summed E-state index contributed by atoms with van der Waals surface area (Å²) in [5.41, 5.74) is -1.99. The van der Waals surface area contributed by atoms with E-state index in [1.165, 1.54) is 30.9 Å². The smallest absolute Gasteiger partial charge is 0.318 e. The minimum atomic E-state index is -4.21. The van der Waals surface area contributed by atoms with Crippen LogP contribution >= 0.6 is 11.8 Å². The molecule has 10 nitrogen and oxygen atoms in total. The van der Waals surface area contributed by atoms with Crippen LogP contribution in [0.5, 0.6) is 11.5 Å². The quantitative estimate of drug-likeness (QED) is 0.359. The third kappa shape index (κ3) is 4.11. The van der Waals surface area contributed by atoms with E-state index in [1.807, 2.05) is 36.4 Å². The van der Waals surface area contributed by atoms with Gasteiger partial charge in [0.1, 0.15) is 11.2 Å². The Morgan fingerprint density at radius 2 is 1.72 bits per heavy atom. The number of carbonyl (C=O) groups is 3. The maximum Gasteiger partial charge on any atom is 0.318 e. The van der Waals surface area contributed by atoms with E-state index in [2.05, 4.69) is 0 Å². The summed E-state index contributed by atoms with van der Waals surface area (Å²) in [6.45, 7) is 0.136. The van der Waals surface area contributed by atoms with Crippen molar-refractivity contribution in [1.29, 1.82) is 0 Å². The molecular weight excluding hydrogens is 546 g/mol. The second-order valence-corrected chi connectivity index (χ2v) is 12.8. The molecule has 1 aliphatic carbocycles. The zero-order valence-corrected chi connectivity index (χ0v) is 23.6. The van der Waals surface area contributed by atoms with Gasteiger partial charge in [-0.1, -0.05) is 18.2 Å². The molecule has 5 rings (SSSR count). The number of amides is 1. The predicted molar refractivity (Wildman–Crippen MR) is 141 cm³/mol. The Hall–Kier alpha value is -3.09. The number of ketones is 1. The lowest BCUT2D eigenvalue weighted by atomic mass is 9.56. The molecule has 0 unspecified atom stereocenters. The van der Waals surface area contributed by atoms with Gasteiger partial charge >= 0.3 is 5.97 Å². The fourth-order valence-corrected chi connectivity index (χ4v) is 8.24. The molecular formula is C27H29NO9S2. The first kappa shape index (κ1) is 27.5. The number of hydrogen-bond acceptors (Lipinski definition) is 10. The number of fused-ring (bicyclic) bond motifs is 1. The highest BCUT2D eigenvalue weighted by molar-refractivity contribution is 7.99. The maximum atomic E-state index is 14.1. The normalized spacial score (nSPS) is 27.8. The molecule has 0 aromatic heterocycles. The number of methoxy groups -OCH3 is 3. The molecule has 2 heterocycles. The molecule has 2 fully saturated rings. The van der Waals surface area contributed by atoms with E-state index in [9.17, 15) is 22.8 Å². The Bertz CT molecular complexity index is 1440. The van der Waals surface area contributed by atoms with Gasteiger partial charge in [-0.3, -0.25) is 18.6 Å². The molecule has 0 bridgehead atoms. The van der Waals surface area contributed by atoms with E-state index in [0.29, 0.717) is 17.1 Å². The summed E-state index contributed by atoms with van der Waals surface area (Å²) in [5, 5.41) is -0.318. The first-order valence-electron chi connectivity index (χ1n) is 12.3. The average Bonchev–Trinajstić information content (AvgIpc) is 3.12. The Morgan fingerprint density at radius 3 is 2.33 bits per heavy atom. The number of benzene rings is 2. The van der Waals surface area contributed by atoms with Crippen LogP contribution in [0.15, 0.2) is 47.4 Å². The second-order valence-electron chi connectivity index (χ2n) is 9.88. The third-order valence-electron chi connectivity index (χ3n) is 7.92. The number of ether oxygens (including phenoxy) is 3. The molecule has 2 aromatic carbocycles. The van der Waals surface area contributed by atoms with Crippen molar-refractivity contribution in [2.45, 2.75) is 41.1 Å². The van der Waals surface area contributed by atoms with Crippen LogP contribution in [-0.4, -0.2) is 71.2 Å². The van der Waals surface area contributed by atoms with E-state index in [0.717, 1.165) is 23.8 Å². The first-order chi connectivity index (χ1) is 18.5. The molecule has 208 valence electrons. The number of nitrogens with zero attached hydrogens (tertiary/aromatic N) is 1. The van der Waals surface area contributed by atoms with E-state index in [4.69, 9.17) is 18.4 Å².